The third-order valence-electron chi connectivity index (χ3n) is 7.29. The number of nitrogens with zero attached hydrogens (tertiary/aromatic N) is 3. The number of hydrogen-bond donors (Lipinski definition) is 1. The Morgan fingerprint density at radius 1 is 1.00 bits per heavy atom. The SMILES string of the molecule is Cc1cc(-c2cccc(-c3csc(NC(=O)[C@@H]4CCN4C(=O)c4ccc5c(c4)S(=O)(=O)CCOC5)n3)c2)cc(C)n1. The van der Waals surface area contributed by atoms with Crippen molar-refractivity contribution in [3.05, 3.63) is 82.5 Å². The Hall–Kier alpha value is -3.93. The Bertz CT molecular complexity index is 1760. The lowest BCUT2D eigenvalue weighted by Gasteiger charge is -2.39. The van der Waals surface area contributed by atoms with Gasteiger partial charge in [0.25, 0.3) is 5.91 Å². The highest BCUT2D eigenvalue weighted by molar-refractivity contribution is 7.91. The molecule has 0 bridgehead atoms. The lowest BCUT2D eigenvalue weighted by Crippen LogP contribution is -2.56. The second-order valence-corrected chi connectivity index (χ2v) is 13.2. The molecule has 41 heavy (non-hydrogen) atoms. The van der Waals surface area contributed by atoms with Crippen LogP contribution < -0.4 is 5.32 Å². The van der Waals surface area contributed by atoms with Crippen molar-refractivity contribution < 1.29 is 22.7 Å². The summed E-state index contributed by atoms with van der Waals surface area (Å²) in [5.41, 5.74) is 6.48. The minimum absolute atomic E-state index is 0.114. The number of thiazole rings is 1. The average molecular weight is 589 g/mol. The largest absolute Gasteiger partial charge is 0.376 e. The number of aromatic nitrogens is 2. The summed E-state index contributed by atoms with van der Waals surface area (Å²) in [7, 11) is -3.55. The van der Waals surface area contributed by atoms with Crippen LogP contribution in [0, 0.1) is 13.8 Å². The Kier molecular flexibility index (Phi) is 7.18. The maximum absolute atomic E-state index is 13.3. The summed E-state index contributed by atoms with van der Waals surface area (Å²) in [6.45, 7) is 4.65. The molecule has 0 spiro atoms. The highest BCUT2D eigenvalue weighted by Crippen LogP contribution is 2.31. The van der Waals surface area contributed by atoms with E-state index in [2.05, 4.69) is 21.4 Å². The highest BCUT2D eigenvalue weighted by atomic mass is 32.2. The van der Waals surface area contributed by atoms with E-state index in [1.54, 1.807) is 12.1 Å². The van der Waals surface area contributed by atoms with Gasteiger partial charge in [0.15, 0.2) is 15.0 Å². The van der Waals surface area contributed by atoms with Crippen LogP contribution in [0.3, 0.4) is 0 Å². The molecule has 2 aliphatic heterocycles. The molecular weight excluding hydrogens is 560 g/mol. The second-order valence-electron chi connectivity index (χ2n) is 10.2. The number of benzene rings is 2. The molecule has 0 saturated carbocycles. The first-order chi connectivity index (χ1) is 19.7. The molecule has 210 valence electrons. The summed E-state index contributed by atoms with van der Waals surface area (Å²) in [4.78, 5) is 37.0. The van der Waals surface area contributed by atoms with Gasteiger partial charge in [0, 0.05) is 34.4 Å². The number of likely N-dealkylation sites (tertiary alicyclic amines) is 1. The zero-order valence-corrected chi connectivity index (χ0v) is 24.2. The van der Waals surface area contributed by atoms with E-state index in [-0.39, 0.29) is 41.2 Å². The Balaban J connectivity index is 1.15. The van der Waals surface area contributed by atoms with Gasteiger partial charge in [0.2, 0.25) is 5.91 Å². The molecule has 0 unspecified atom stereocenters. The van der Waals surface area contributed by atoms with Crippen LogP contribution in [0.2, 0.25) is 0 Å². The van der Waals surface area contributed by atoms with Gasteiger partial charge in [0.1, 0.15) is 6.04 Å². The van der Waals surface area contributed by atoms with Gasteiger partial charge in [-0.05, 0) is 67.3 Å². The molecule has 0 aliphatic carbocycles. The summed E-state index contributed by atoms with van der Waals surface area (Å²) in [6, 6.07) is 16.1. The van der Waals surface area contributed by atoms with E-state index in [9.17, 15) is 18.0 Å². The van der Waals surface area contributed by atoms with E-state index >= 15 is 0 Å². The zero-order valence-electron chi connectivity index (χ0n) is 22.6. The van der Waals surface area contributed by atoms with Crippen molar-refractivity contribution in [2.45, 2.75) is 37.8 Å². The van der Waals surface area contributed by atoms with Gasteiger partial charge in [-0.2, -0.15) is 0 Å². The number of fused-ring (bicyclic) bond motifs is 1. The molecule has 2 amide bonds. The van der Waals surface area contributed by atoms with E-state index in [0.717, 1.165) is 33.8 Å². The van der Waals surface area contributed by atoms with E-state index in [1.807, 2.05) is 49.6 Å². The number of aryl methyl sites for hydroxylation is 2. The van der Waals surface area contributed by atoms with Crippen molar-refractivity contribution in [3.8, 4) is 22.4 Å². The highest BCUT2D eigenvalue weighted by Gasteiger charge is 2.38. The topological polar surface area (TPSA) is 119 Å². The molecule has 2 aromatic heterocycles. The fourth-order valence-electron chi connectivity index (χ4n) is 5.14. The monoisotopic (exact) mass is 588 g/mol. The predicted molar refractivity (Wildman–Crippen MR) is 156 cm³/mol. The van der Waals surface area contributed by atoms with Gasteiger partial charge in [-0.25, -0.2) is 13.4 Å². The van der Waals surface area contributed by atoms with Gasteiger partial charge in [-0.15, -0.1) is 11.3 Å². The summed E-state index contributed by atoms with van der Waals surface area (Å²) < 4.78 is 30.7. The third-order valence-corrected chi connectivity index (χ3v) is 9.81. The number of ether oxygens (including phenoxy) is 1. The number of anilines is 1. The molecular formula is C30H28N4O5S2. The van der Waals surface area contributed by atoms with Crippen LogP contribution in [0.5, 0.6) is 0 Å². The van der Waals surface area contributed by atoms with Gasteiger partial charge < -0.3 is 15.0 Å². The second kappa shape index (κ2) is 10.8. The first-order valence-electron chi connectivity index (χ1n) is 13.2. The van der Waals surface area contributed by atoms with E-state index in [1.165, 1.54) is 22.3 Å². The molecule has 0 radical (unpaired) electrons. The number of amides is 2. The average Bonchev–Trinajstić information content (AvgIpc) is 3.32. The van der Waals surface area contributed by atoms with Crippen LogP contribution in [0.15, 0.2) is 64.9 Å². The number of carbonyl (C=O) groups excluding carboxylic acids is 2. The summed E-state index contributed by atoms with van der Waals surface area (Å²) in [5, 5.41) is 5.19. The number of sulfone groups is 1. The van der Waals surface area contributed by atoms with E-state index in [0.29, 0.717) is 23.7 Å². The predicted octanol–water partition coefficient (Wildman–Crippen LogP) is 4.65. The van der Waals surface area contributed by atoms with Gasteiger partial charge in [-0.3, -0.25) is 14.6 Å². The number of hydrogen-bond acceptors (Lipinski definition) is 8. The molecule has 2 aliphatic rings. The molecule has 4 aromatic rings. The third kappa shape index (κ3) is 5.52. The Morgan fingerprint density at radius 2 is 1.78 bits per heavy atom. The van der Waals surface area contributed by atoms with E-state index in [4.69, 9.17) is 4.74 Å². The lowest BCUT2D eigenvalue weighted by molar-refractivity contribution is -0.123. The first-order valence-corrected chi connectivity index (χ1v) is 15.8. The Morgan fingerprint density at radius 3 is 2.54 bits per heavy atom. The molecule has 1 N–H and O–H groups in total. The fraction of sp³-hybridized carbons (Fsp3) is 0.267. The maximum Gasteiger partial charge on any atom is 0.254 e. The first kappa shape index (κ1) is 27.3. The molecule has 1 atom stereocenters. The fourth-order valence-corrected chi connectivity index (χ4v) is 7.25. The standard InChI is InChI=1S/C30H28N4O5S2/c1-18-12-24(13-19(2)31-18)20-4-3-5-21(14-20)25-17-40-30(32-25)33-28(35)26-8-9-34(26)29(36)22-6-7-23-16-39-10-11-41(37,38)27(23)15-22/h3-7,12-15,17,26H,8-11,16H2,1-2H3,(H,32,33,35)/t26-/m0/s1. The number of carbonyl (C=O) groups is 2. The van der Waals surface area contributed by atoms with Crippen molar-refractivity contribution in [1.29, 1.82) is 0 Å². The van der Waals surface area contributed by atoms with Crippen LogP contribution in [0.4, 0.5) is 5.13 Å². The summed E-state index contributed by atoms with van der Waals surface area (Å²) in [5.74, 6) is -0.828. The minimum Gasteiger partial charge on any atom is -0.376 e. The van der Waals surface area contributed by atoms with E-state index < -0.39 is 15.9 Å². The van der Waals surface area contributed by atoms with Crippen LogP contribution >= 0.6 is 11.3 Å². The number of nitrogens with one attached hydrogen (secondary N) is 1. The van der Waals surface area contributed by atoms with Gasteiger partial charge in [-0.1, -0.05) is 24.3 Å². The van der Waals surface area contributed by atoms with Gasteiger partial charge in [0.05, 0.1) is 29.6 Å². The molecule has 11 heteroatoms. The van der Waals surface area contributed by atoms with Crippen molar-refractivity contribution in [1.82, 2.24) is 14.9 Å². The Labute approximate surface area is 242 Å². The minimum atomic E-state index is -3.55. The number of pyridine rings is 1. The zero-order chi connectivity index (χ0) is 28.7. The van der Waals surface area contributed by atoms with Crippen LogP contribution in [-0.2, 0) is 26.0 Å². The molecule has 6 rings (SSSR count). The maximum atomic E-state index is 13.3. The van der Waals surface area contributed by atoms with Crippen molar-refractivity contribution >= 4 is 38.1 Å². The van der Waals surface area contributed by atoms with Crippen LogP contribution in [-0.4, -0.2) is 60.0 Å². The van der Waals surface area contributed by atoms with Crippen LogP contribution in [0.25, 0.3) is 22.4 Å². The number of rotatable bonds is 5. The van der Waals surface area contributed by atoms with Gasteiger partial charge >= 0.3 is 0 Å². The summed E-state index contributed by atoms with van der Waals surface area (Å²) >= 11 is 1.32. The van der Waals surface area contributed by atoms with Crippen molar-refractivity contribution in [2.75, 3.05) is 24.2 Å². The molecule has 4 heterocycles. The quantitative estimate of drug-likeness (QED) is 0.361. The molecule has 9 nitrogen and oxygen atoms in total. The lowest BCUT2D eigenvalue weighted by atomic mass is 10.00. The summed E-state index contributed by atoms with van der Waals surface area (Å²) in [6.07, 6.45) is 0.514. The molecule has 1 saturated heterocycles. The van der Waals surface area contributed by atoms with Crippen molar-refractivity contribution in [3.63, 3.8) is 0 Å². The normalized spacial score (nSPS) is 17.7. The van der Waals surface area contributed by atoms with Crippen molar-refractivity contribution in [2.24, 2.45) is 0 Å². The van der Waals surface area contributed by atoms with Crippen LogP contribution in [0.1, 0.15) is 33.7 Å². The molecule has 1 fully saturated rings. The smallest absolute Gasteiger partial charge is 0.254 e. The molecule has 2 aromatic carbocycles.